The van der Waals surface area contributed by atoms with Crippen molar-refractivity contribution in [3.05, 3.63) is 0 Å². The summed E-state index contributed by atoms with van der Waals surface area (Å²) >= 11 is 0. The molecule has 15 heavy (non-hydrogen) atoms. The molecular weight excluding hydrogens is 192 g/mol. The summed E-state index contributed by atoms with van der Waals surface area (Å²) in [6.07, 6.45) is 4.73. The van der Waals surface area contributed by atoms with E-state index >= 15 is 0 Å². The predicted octanol–water partition coefficient (Wildman–Crippen LogP) is 0.250. The van der Waals surface area contributed by atoms with Gasteiger partial charge in [-0.3, -0.25) is 4.79 Å². The average molecular weight is 214 g/mol. The van der Waals surface area contributed by atoms with Crippen molar-refractivity contribution in [2.24, 2.45) is 17.6 Å². The minimum Gasteiger partial charge on any atom is -0.396 e. The molecule has 4 heteroatoms. The van der Waals surface area contributed by atoms with Gasteiger partial charge in [-0.1, -0.05) is 0 Å². The van der Waals surface area contributed by atoms with Gasteiger partial charge in [-0.05, 0) is 44.6 Å². The maximum atomic E-state index is 11.6. The molecule has 1 aliphatic carbocycles. The minimum absolute atomic E-state index is 0.139. The average Bonchev–Trinajstić information content (AvgIpc) is 2.29. The van der Waals surface area contributed by atoms with Gasteiger partial charge in [-0.15, -0.1) is 0 Å². The minimum atomic E-state index is 0.139. The van der Waals surface area contributed by atoms with Crippen molar-refractivity contribution in [2.45, 2.75) is 32.1 Å². The fourth-order valence-electron chi connectivity index (χ4n) is 2.10. The Morgan fingerprint density at radius 3 is 2.53 bits per heavy atom. The highest BCUT2D eigenvalue weighted by molar-refractivity contribution is 5.78. The van der Waals surface area contributed by atoms with Gasteiger partial charge in [-0.25, -0.2) is 0 Å². The topological polar surface area (TPSA) is 75.4 Å². The molecule has 0 saturated heterocycles. The van der Waals surface area contributed by atoms with Crippen molar-refractivity contribution in [1.82, 2.24) is 5.32 Å². The second-order valence-electron chi connectivity index (χ2n) is 4.32. The molecule has 1 amide bonds. The molecule has 0 spiro atoms. The van der Waals surface area contributed by atoms with Gasteiger partial charge in [0.1, 0.15) is 0 Å². The van der Waals surface area contributed by atoms with Crippen LogP contribution in [0.15, 0.2) is 0 Å². The number of aliphatic hydroxyl groups is 1. The summed E-state index contributed by atoms with van der Waals surface area (Å²) in [4.78, 5) is 11.6. The molecule has 4 nitrogen and oxygen atoms in total. The zero-order valence-corrected chi connectivity index (χ0v) is 9.24. The number of hydrogen-bond donors (Lipinski definition) is 3. The predicted molar refractivity (Wildman–Crippen MR) is 59.2 cm³/mol. The second-order valence-corrected chi connectivity index (χ2v) is 4.32. The van der Waals surface area contributed by atoms with Crippen molar-refractivity contribution in [1.29, 1.82) is 0 Å². The van der Waals surface area contributed by atoms with Crippen molar-refractivity contribution < 1.29 is 9.90 Å². The van der Waals surface area contributed by atoms with Crippen LogP contribution in [0.3, 0.4) is 0 Å². The summed E-state index contributed by atoms with van der Waals surface area (Å²) in [7, 11) is 0. The molecule has 0 heterocycles. The molecule has 0 unspecified atom stereocenters. The van der Waals surface area contributed by atoms with Gasteiger partial charge in [0.25, 0.3) is 0 Å². The standard InChI is InChI=1S/C11H22N2O2/c12-8-9-2-4-10(5-3-9)11(15)13-6-1-7-14/h9-10,14H,1-8,12H2,(H,13,15). The normalized spacial score (nSPS) is 26.3. The highest BCUT2D eigenvalue weighted by Crippen LogP contribution is 2.27. The highest BCUT2D eigenvalue weighted by Gasteiger charge is 2.24. The lowest BCUT2D eigenvalue weighted by molar-refractivity contribution is -0.126. The largest absolute Gasteiger partial charge is 0.396 e. The molecular formula is C11H22N2O2. The lowest BCUT2D eigenvalue weighted by atomic mass is 9.81. The lowest BCUT2D eigenvalue weighted by Crippen LogP contribution is -2.35. The van der Waals surface area contributed by atoms with Crippen LogP contribution in [0.4, 0.5) is 0 Å². The molecule has 4 N–H and O–H groups in total. The molecule has 1 saturated carbocycles. The first kappa shape index (κ1) is 12.5. The third-order valence-corrected chi connectivity index (χ3v) is 3.18. The van der Waals surface area contributed by atoms with Gasteiger partial charge < -0.3 is 16.2 Å². The number of amides is 1. The van der Waals surface area contributed by atoms with E-state index in [1.54, 1.807) is 0 Å². The van der Waals surface area contributed by atoms with E-state index in [0.29, 0.717) is 18.9 Å². The number of carbonyl (C=O) groups is 1. The summed E-state index contributed by atoms with van der Waals surface area (Å²) < 4.78 is 0. The van der Waals surface area contributed by atoms with Gasteiger partial charge >= 0.3 is 0 Å². The molecule has 0 aliphatic heterocycles. The SMILES string of the molecule is NCC1CCC(C(=O)NCCCO)CC1. The third kappa shape index (κ3) is 4.18. The van der Waals surface area contributed by atoms with E-state index in [2.05, 4.69) is 5.32 Å². The number of nitrogens with one attached hydrogen (secondary N) is 1. The molecule has 0 atom stereocenters. The van der Waals surface area contributed by atoms with Crippen LogP contribution in [0.1, 0.15) is 32.1 Å². The molecule has 0 aromatic heterocycles. The third-order valence-electron chi connectivity index (χ3n) is 3.18. The number of nitrogens with two attached hydrogens (primary N) is 1. The smallest absolute Gasteiger partial charge is 0.223 e. The van der Waals surface area contributed by atoms with Crippen LogP contribution in [0.2, 0.25) is 0 Å². The molecule has 1 fully saturated rings. The van der Waals surface area contributed by atoms with Gasteiger partial charge in [0.2, 0.25) is 5.91 Å². The maximum Gasteiger partial charge on any atom is 0.223 e. The number of carbonyl (C=O) groups excluding carboxylic acids is 1. The Morgan fingerprint density at radius 1 is 1.33 bits per heavy atom. The zero-order chi connectivity index (χ0) is 11.1. The van der Waals surface area contributed by atoms with E-state index < -0.39 is 0 Å². The van der Waals surface area contributed by atoms with E-state index in [1.165, 1.54) is 0 Å². The van der Waals surface area contributed by atoms with Crippen LogP contribution in [-0.4, -0.2) is 30.7 Å². The molecule has 0 aromatic rings. The Kier molecular flexibility index (Phi) is 5.65. The first-order valence-electron chi connectivity index (χ1n) is 5.86. The van der Waals surface area contributed by atoms with E-state index in [0.717, 1.165) is 32.2 Å². The van der Waals surface area contributed by atoms with Gasteiger partial charge in [0.05, 0.1) is 0 Å². The Balaban J connectivity index is 2.18. The van der Waals surface area contributed by atoms with Crippen LogP contribution in [0, 0.1) is 11.8 Å². The Bertz CT molecular complexity index is 189. The van der Waals surface area contributed by atoms with E-state index in [4.69, 9.17) is 10.8 Å². The Hall–Kier alpha value is -0.610. The van der Waals surface area contributed by atoms with E-state index in [9.17, 15) is 4.79 Å². The van der Waals surface area contributed by atoms with Crippen molar-refractivity contribution in [3.63, 3.8) is 0 Å². The number of aliphatic hydroxyl groups excluding tert-OH is 1. The van der Waals surface area contributed by atoms with E-state index in [-0.39, 0.29) is 18.4 Å². The van der Waals surface area contributed by atoms with Gasteiger partial charge in [0, 0.05) is 19.1 Å². The van der Waals surface area contributed by atoms with Crippen LogP contribution in [-0.2, 0) is 4.79 Å². The first-order chi connectivity index (χ1) is 7.27. The Morgan fingerprint density at radius 2 is 2.00 bits per heavy atom. The summed E-state index contributed by atoms with van der Waals surface area (Å²) in [5.41, 5.74) is 5.59. The molecule has 0 aromatic carbocycles. The molecule has 0 radical (unpaired) electrons. The molecule has 0 bridgehead atoms. The maximum absolute atomic E-state index is 11.6. The number of hydrogen-bond acceptors (Lipinski definition) is 3. The lowest BCUT2D eigenvalue weighted by Gasteiger charge is -2.26. The van der Waals surface area contributed by atoms with Crippen LogP contribution in [0.5, 0.6) is 0 Å². The monoisotopic (exact) mass is 214 g/mol. The van der Waals surface area contributed by atoms with Crippen molar-refractivity contribution in [2.75, 3.05) is 19.7 Å². The van der Waals surface area contributed by atoms with Gasteiger partial charge in [0.15, 0.2) is 0 Å². The van der Waals surface area contributed by atoms with Crippen molar-refractivity contribution in [3.8, 4) is 0 Å². The summed E-state index contributed by atoms with van der Waals surface area (Å²) in [6, 6.07) is 0. The summed E-state index contributed by atoms with van der Waals surface area (Å²) in [5, 5.41) is 11.4. The van der Waals surface area contributed by atoms with Crippen molar-refractivity contribution >= 4 is 5.91 Å². The molecule has 1 aliphatic rings. The Labute approximate surface area is 91.2 Å². The second kappa shape index (κ2) is 6.80. The van der Waals surface area contributed by atoms with Crippen LogP contribution in [0.25, 0.3) is 0 Å². The van der Waals surface area contributed by atoms with Gasteiger partial charge in [-0.2, -0.15) is 0 Å². The molecule has 1 rings (SSSR count). The highest BCUT2D eigenvalue weighted by atomic mass is 16.3. The zero-order valence-electron chi connectivity index (χ0n) is 9.24. The fourth-order valence-corrected chi connectivity index (χ4v) is 2.10. The van der Waals surface area contributed by atoms with E-state index in [1.807, 2.05) is 0 Å². The first-order valence-corrected chi connectivity index (χ1v) is 5.86. The van der Waals surface area contributed by atoms with Crippen LogP contribution < -0.4 is 11.1 Å². The summed E-state index contributed by atoms with van der Waals surface area (Å²) in [5.74, 6) is 0.942. The summed E-state index contributed by atoms with van der Waals surface area (Å²) in [6.45, 7) is 1.48. The molecule has 88 valence electrons. The van der Waals surface area contributed by atoms with Crippen LogP contribution >= 0.6 is 0 Å². The number of rotatable bonds is 5. The quantitative estimate of drug-likeness (QED) is 0.574. The fraction of sp³-hybridized carbons (Fsp3) is 0.909.